The van der Waals surface area contributed by atoms with E-state index in [1.807, 2.05) is 12.1 Å². The quantitative estimate of drug-likeness (QED) is 0.869. The Kier molecular flexibility index (Phi) is 5.80. The molecule has 0 aromatic heterocycles. The van der Waals surface area contributed by atoms with Crippen LogP contribution in [-0.4, -0.2) is 32.4 Å². The van der Waals surface area contributed by atoms with Gasteiger partial charge >= 0.3 is 0 Å². The molecule has 1 aliphatic heterocycles. The molecule has 1 aromatic rings. The lowest BCUT2D eigenvalue weighted by Gasteiger charge is -2.31. The standard InChI is InChI=1S/C16H24FNO2/c1-3-18-13(14-8-4-5-10-20-14)11-12-7-6-9-15(19-2)16(12)17/h6-7,9,13-14,18H,3-5,8,10-11H2,1-2H3. The number of halogens is 1. The van der Waals surface area contributed by atoms with Crippen molar-refractivity contribution in [2.75, 3.05) is 20.3 Å². The van der Waals surface area contributed by atoms with Crippen LogP contribution in [0.1, 0.15) is 31.7 Å². The first-order chi connectivity index (χ1) is 9.76. The Labute approximate surface area is 120 Å². The number of hydrogen-bond donors (Lipinski definition) is 1. The van der Waals surface area contributed by atoms with Gasteiger partial charge in [-0.15, -0.1) is 0 Å². The van der Waals surface area contributed by atoms with E-state index in [1.165, 1.54) is 13.5 Å². The lowest BCUT2D eigenvalue weighted by atomic mass is 9.95. The molecule has 20 heavy (non-hydrogen) atoms. The number of nitrogens with one attached hydrogen (secondary N) is 1. The third-order valence-electron chi connectivity index (χ3n) is 3.83. The summed E-state index contributed by atoms with van der Waals surface area (Å²) in [5, 5.41) is 3.43. The maximum absolute atomic E-state index is 14.2. The van der Waals surface area contributed by atoms with Crippen LogP contribution in [-0.2, 0) is 11.2 Å². The Morgan fingerprint density at radius 3 is 2.95 bits per heavy atom. The zero-order valence-electron chi connectivity index (χ0n) is 12.3. The number of likely N-dealkylation sites (N-methyl/N-ethyl adjacent to an activating group) is 1. The van der Waals surface area contributed by atoms with Crippen molar-refractivity contribution in [2.45, 2.75) is 44.8 Å². The molecule has 2 rings (SSSR count). The third-order valence-corrected chi connectivity index (χ3v) is 3.83. The van der Waals surface area contributed by atoms with Gasteiger partial charge in [0.05, 0.1) is 13.2 Å². The Hall–Kier alpha value is -1.13. The Morgan fingerprint density at radius 2 is 2.30 bits per heavy atom. The Morgan fingerprint density at radius 1 is 1.45 bits per heavy atom. The zero-order valence-corrected chi connectivity index (χ0v) is 12.3. The first kappa shape index (κ1) is 15.3. The summed E-state index contributed by atoms with van der Waals surface area (Å²) in [6.45, 7) is 3.74. The van der Waals surface area contributed by atoms with Gasteiger partial charge in [0.1, 0.15) is 0 Å². The molecule has 0 aliphatic carbocycles. The van der Waals surface area contributed by atoms with Crippen LogP contribution in [0.2, 0.25) is 0 Å². The van der Waals surface area contributed by atoms with Crippen molar-refractivity contribution in [1.82, 2.24) is 5.32 Å². The zero-order chi connectivity index (χ0) is 14.4. The second kappa shape index (κ2) is 7.60. The summed E-state index contributed by atoms with van der Waals surface area (Å²) in [7, 11) is 1.49. The van der Waals surface area contributed by atoms with Crippen molar-refractivity contribution in [2.24, 2.45) is 0 Å². The Balaban J connectivity index is 2.10. The van der Waals surface area contributed by atoms with Gasteiger partial charge < -0.3 is 14.8 Å². The first-order valence-corrected chi connectivity index (χ1v) is 7.42. The number of hydrogen-bond acceptors (Lipinski definition) is 3. The SMILES string of the molecule is CCNC(Cc1cccc(OC)c1F)C1CCCCO1. The fourth-order valence-corrected chi connectivity index (χ4v) is 2.79. The van der Waals surface area contributed by atoms with Gasteiger partial charge in [-0.25, -0.2) is 4.39 Å². The topological polar surface area (TPSA) is 30.5 Å². The van der Waals surface area contributed by atoms with Crippen LogP contribution in [0.25, 0.3) is 0 Å². The average molecular weight is 281 g/mol. The molecule has 1 aliphatic rings. The summed E-state index contributed by atoms with van der Waals surface area (Å²) in [6, 6.07) is 5.47. The molecule has 112 valence electrons. The average Bonchev–Trinajstić information content (AvgIpc) is 2.49. The molecule has 1 aromatic carbocycles. The molecule has 3 nitrogen and oxygen atoms in total. The van der Waals surface area contributed by atoms with E-state index in [1.54, 1.807) is 6.07 Å². The summed E-state index contributed by atoms with van der Waals surface area (Å²) < 4.78 is 25.1. The van der Waals surface area contributed by atoms with Crippen molar-refractivity contribution < 1.29 is 13.9 Å². The van der Waals surface area contributed by atoms with Crippen molar-refractivity contribution in [3.8, 4) is 5.75 Å². The molecule has 1 heterocycles. The van der Waals surface area contributed by atoms with Gasteiger partial charge in [0.2, 0.25) is 0 Å². The largest absolute Gasteiger partial charge is 0.494 e. The molecule has 4 heteroatoms. The van der Waals surface area contributed by atoms with Crippen LogP contribution in [0.3, 0.4) is 0 Å². The summed E-state index contributed by atoms with van der Waals surface area (Å²) in [5.41, 5.74) is 0.685. The fourth-order valence-electron chi connectivity index (χ4n) is 2.79. The summed E-state index contributed by atoms with van der Waals surface area (Å²) >= 11 is 0. The Bertz CT molecular complexity index is 419. The highest BCUT2D eigenvalue weighted by atomic mass is 19.1. The third kappa shape index (κ3) is 3.70. The minimum atomic E-state index is -0.256. The van der Waals surface area contributed by atoms with E-state index in [9.17, 15) is 4.39 Å². The number of methoxy groups -OCH3 is 1. The van der Waals surface area contributed by atoms with Crippen molar-refractivity contribution >= 4 is 0 Å². The van der Waals surface area contributed by atoms with Crippen molar-refractivity contribution in [3.05, 3.63) is 29.6 Å². The van der Waals surface area contributed by atoms with E-state index in [0.717, 1.165) is 26.0 Å². The minimum Gasteiger partial charge on any atom is -0.494 e. The van der Waals surface area contributed by atoms with E-state index in [4.69, 9.17) is 9.47 Å². The normalized spacial score (nSPS) is 20.6. The van der Waals surface area contributed by atoms with Gasteiger partial charge in [-0.1, -0.05) is 19.1 Å². The smallest absolute Gasteiger partial charge is 0.168 e. The summed E-state index contributed by atoms with van der Waals surface area (Å²) in [6.07, 6.45) is 4.16. The molecule has 0 saturated carbocycles. The first-order valence-electron chi connectivity index (χ1n) is 7.42. The van der Waals surface area contributed by atoms with Gasteiger partial charge in [-0.3, -0.25) is 0 Å². The maximum Gasteiger partial charge on any atom is 0.168 e. The molecule has 2 unspecified atom stereocenters. The highest BCUT2D eigenvalue weighted by molar-refractivity contribution is 5.31. The predicted octanol–water partition coefficient (Wildman–Crippen LogP) is 2.92. The van der Waals surface area contributed by atoms with Gasteiger partial charge in [-0.05, 0) is 43.9 Å². The van der Waals surface area contributed by atoms with Crippen LogP contribution < -0.4 is 10.1 Å². The lowest BCUT2D eigenvalue weighted by Crippen LogP contribution is -2.44. The monoisotopic (exact) mass is 281 g/mol. The molecule has 2 atom stereocenters. The molecular formula is C16H24FNO2. The van der Waals surface area contributed by atoms with Gasteiger partial charge in [0, 0.05) is 12.6 Å². The predicted molar refractivity (Wildman–Crippen MR) is 77.7 cm³/mol. The van der Waals surface area contributed by atoms with E-state index < -0.39 is 0 Å². The molecule has 0 bridgehead atoms. The summed E-state index contributed by atoms with van der Waals surface area (Å²) in [5.74, 6) is 0.0519. The van der Waals surface area contributed by atoms with Crippen LogP contribution >= 0.6 is 0 Å². The van der Waals surface area contributed by atoms with Crippen molar-refractivity contribution in [3.63, 3.8) is 0 Å². The minimum absolute atomic E-state index is 0.155. The highest BCUT2D eigenvalue weighted by Crippen LogP contribution is 2.24. The summed E-state index contributed by atoms with van der Waals surface area (Å²) in [4.78, 5) is 0. The van der Waals surface area contributed by atoms with Crippen LogP contribution in [0.5, 0.6) is 5.75 Å². The molecule has 0 amide bonds. The van der Waals surface area contributed by atoms with E-state index in [0.29, 0.717) is 17.7 Å². The highest BCUT2D eigenvalue weighted by Gasteiger charge is 2.25. The molecule has 1 fully saturated rings. The molecule has 0 spiro atoms. The second-order valence-electron chi connectivity index (χ2n) is 5.21. The van der Waals surface area contributed by atoms with Gasteiger partial charge in [0.15, 0.2) is 11.6 Å². The van der Waals surface area contributed by atoms with Gasteiger partial charge in [-0.2, -0.15) is 0 Å². The van der Waals surface area contributed by atoms with E-state index in [2.05, 4.69) is 12.2 Å². The fraction of sp³-hybridized carbons (Fsp3) is 0.625. The maximum atomic E-state index is 14.2. The lowest BCUT2D eigenvalue weighted by molar-refractivity contribution is -0.00724. The van der Waals surface area contributed by atoms with Crippen LogP contribution in [0.4, 0.5) is 4.39 Å². The van der Waals surface area contributed by atoms with Gasteiger partial charge in [0.25, 0.3) is 0 Å². The molecule has 0 radical (unpaired) electrons. The molecular weight excluding hydrogens is 257 g/mol. The van der Waals surface area contributed by atoms with E-state index >= 15 is 0 Å². The molecule has 1 N–H and O–H groups in total. The number of ether oxygens (including phenoxy) is 2. The van der Waals surface area contributed by atoms with Crippen LogP contribution in [0.15, 0.2) is 18.2 Å². The number of benzene rings is 1. The van der Waals surface area contributed by atoms with Crippen molar-refractivity contribution in [1.29, 1.82) is 0 Å². The second-order valence-corrected chi connectivity index (χ2v) is 5.21. The van der Waals surface area contributed by atoms with E-state index in [-0.39, 0.29) is 18.0 Å². The molecule has 1 saturated heterocycles. The number of rotatable bonds is 6. The van der Waals surface area contributed by atoms with Crippen LogP contribution in [0, 0.1) is 5.82 Å².